The third-order valence-electron chi connectivity index (χ3n) is 6.33. The summed E-state index contributed by atoms with van der Waals surface area (Å²) in [5, 5.41) is 1.87. The van der Waals surface area contributed by atoms with Crippen LogP contribution in [0.5, 0.6) is 5.75 Å². The van der Waals surface area contributed by atoms with E-state index in [0.29, 0.717) is 0 Å². The minimum Gasteiger partial charge on any atom is -0.333 e. The van der Waals surface area contributed by atoms with Crippen LogP contribution in [0.3, 0.4) is 0 Å². The molecule has 0 saturated heterocycles. The molecule has 4 heteroatoms. The maximum absolute atomic E-state index is 7.04. The summed E-state index contributed by atoms with van der Waals surface area (Å²) in [5.41, 5.74) is 4.60. The van der Waals surface area contributed by atoms with Gasteiger partial charge in [0, 0.05) is 32.6 Å². The predicted molar refractivity (Wildman–Crippen MR) is 145 cm³/mol. The lowest BCUT2D eigenvalue weighted by molar-refractivity contribution is -0.0905. The van der Waals surface area contributed by atoms with Gasteiger partial charge in [-0.1, -0.05) is 113 Å². The molecule has 0 fully saturated rings. The van der Waals surface area contributed by atoms with Gasteiger partial charge in [-0.2, -0.15) is 4.67 Å². The number of rotatable bonds is 0. The molecule has 2 nitrogen and oxygen atoms in total. The van der Waals surface area contributed by atoms with Crippen molar-refractivity contribution >= 4 is 25.8 Å². The van der Waals surface area contributed by atoms with Crippen molar-refractivity contribution in [2.24, 2.45) is 11.3 Å². The van der Waals surface area contributed by atoms with Crippen molar-refractivity contribution in [1.82, 2.24) is 0 Å². The molecular weight excluding hydrogens is 447 g/mol. The standard InChI is InChI=1S/C29H42ClO2P/c1-26(2,3)18-13-22(28(7,8)9)20-17-21-23(30)14-19(27(4,5)6)16-25(21)33(29(10,11)12)32-31-24(20)15-18/h13-17,19H,1-12H3. The highest BCUT2D eigenvalue weighted by Gasteiger charge is 2.39. The summed E-state index contributed by atoms with van der Waals surface area (Å²) in [5.74, 6) is 1.01. The van der Waals surface area contributed by atoms with Gasteiger partial charge in [0.15, 0.2) is 5.75 Å². The number of hydrogen-bond acceptors (Lipinski definition) is 2. The van der Waals surface area contributed by atoms with E-state index in [1.54, 1.807) is 0 Å². The van der Waals surface area contributed by atoms with Crippen molar-refractivity contribution in [3.63, 3.8) is 0 Å². The van der Waals surface area contributed by atoms with Crippen molar-refractivity contribution in [1.29, 1.82) is 0 Å². The van der Waals surface area contributed by atoms with Crippen LogP contribution in [0.25, 0.3) is 6.08 Å². The Bertz CT molecular complexity index is 1020. The molecule has 2 unspecified atom stereocenters. The van der Waals surface area contributed by atoms with Gasteiger partial charge < -0.3 is 4.89 Å². The first-order valence-corrected chi connectivity index (χ1v) is 13.6. The van der Waals surface area contributed by atoms with E-state index in [1.807, 2.05) is 0 Å². The molecule has 2 aliphatic rings. The van der Waals surface area contributed by atoms with Crippen molar-refractivity contribution < 1.29 is 9.56 Å². The van der Waals surface area contributed by atoms with E-state index < -0.39 is 8.15 Å². The zero-order valence-corrected chi connectivity index (χ0v) is 24.3. The van der Waals surface area contributed by atoms with Crippen LogP contribution in [-0.4, -0.2) is 5.16 Å². The Balaban J connectivity index is 2.35. The van der Waals surface area contributed by atoms with Gasteiger partial charge in [-0.25, -0.2) is 0 Å². The van der Waals surface area contributed by atoms with Crippen LogP contribution in [0, 0.1) is 11.3 Å². The van der Waals surface area contributed by atoms with Gasteiger partial charge in [-0.05, 0) is 39.5 Å². The molecule has 0 bridgehead atoms. The Morgan fingerprint density at radius 1 is 0.818 bits per heavy atom. The third-order valence-corrected chi connectivity index (χ3v) is 8.93. The lowest BCUT2D eigenvalue weighted by Crippen LogP contribution is -2.24. The van der Waals surface area contributed by atoms with Crippen LogP contribution >= 0.6 is 19.7 Å². The Hall–Kier alpha value is -1.08. The van der Waals surface area contributed by atoms with Crippen molar-refractivity contribution in [3.05, 3.63) is 56.9 Å². The van der Waals surface area contributed by atoms with Crippen LogP contribution in [0.1, 0.15) is 99.8 Å². The number of halogens is 1. The monoisotopic (exact) mass is 488 g/mol. The minimum absolute atomic E-state index is 0.00393. The Morgan fingerprint density at radius 3 is 1.91 bits per heavy atom. The van der Waals surface area contributed by atoms with Gasteiger partial charge in [-0.3, -0.25) is 0 Å². The summed E-state index contributed by atoms with van der Waals surface area (Å²) in [6.45, 7) is 26.9. The second-order valence-electron chi connectivity index (χ2n) is 13.6. The SMILES string of the molecule is CC(C)(C)c1cc2c(c(C(C)(C)C)c1)C=C1C(Cl)=CC(C(C)(C)C)C=C1P(C(C)(C)C)OO2. The fourth-order valence-corrected chi connectivity index (χ4v) is 6.37. The summed E-state index contributed by atoms with van der Waals surface area (Å²) in [7, 11) is -1.07. The van der Waals surface area contributed by atoms with Gasteiger partial charge in [-0.15, -0.1) is 0 Å². The molecule has 1 aliphatic heterocycles. The highest BCUT2D eigenvalue weighted by Crippen LogP contribution is 2.63. The van der Waals surface area contributed by atoms with E-state index in [2.05, 4.69) is 113 Å². The molecule has 1 heterocycles. The van der Waals surface area contributed by atoms with Crippen LogP contribution in [-0.2, 0) is 15.5 Å². The normalized spacial score (nSPS) is 22.2. The number of allylic oxidation sites excluding steroid dienone is 5. The summed E-state index contributed by atoms with van der Waals surface area (Å²) >= 11 is 7.04. The van der Waals surface area contributed by atoms with E-state index in [4.69, 9.17) is 21.2 Å². The van der Waals surface area contributed by atoms with E-state index in [1.165, 1.54) is 16.4 Å². The molecule has 0 saturated carbocycles. The summed E-state index contributed by atoms with van der Waals surface area (Å²) in [4.78, 5) is 6.23. The first-order chi connectivity index (χ1) is 14.8. The lowest BCUT2D eigenvalue weighted by atomic mass is 9.76. The number of benzene rings is 1. The molecule has 0 N–H and O–H groups in total. The summed E-state index contributed by atoms with van der Waals surface area (Å²) in [6.07, 6.45) is 6.81. The fraction of sp³-hybridized carbons (Fsp3) is 0.586. The van der Waals surface area contributed by atoms with Crippen LogP contribution in [0.2, 0.25) is 0 Å². The minimum atomic E-state index is -1.07. The molecule has 0 spiro atoms. The second-order valence-corrected chi connectivity index (χ2v) is 16.5. The first-order valence-electron chi connectivity index (χ1n) is 12.0. The van der Waals surface area contributed by atoms with Crippen molar-refractivity contribution in [3.8, 4) is 5.75 Å². The van der Waals surface area contributed by atoms with Gasteiger partial charge in [0.1, 0.15) is 8.15 Å². The third kappa shape index (κ3) is 5.61. The van der Waals surface area contributed by atoms with E-state index >= 15 is 0 Å². The Kier molecular flexibility index (Phi) is 6.87. The molecule has 0 radical (unpaired) electrons. The zero-order valence-electron chi connectivity index (χ0n) is 22.6. The van der Waals surface area contributed by atoms with Crippen LogP contribution < -0.4 is 4.89 Å². The predicted octanol–water partition coefficient (Wildman–Crippen LogP) is 9.87. The van der Waals surface area contributed by atoms with Crippen molar-refractivity contribution in [2.45, 2.75) is 99.1 Å². The molecular formula is C29H42ClO2P. The quantitative estimate of drug-likeness (QED) is 0.267. The van der Waals surface area contributed by atoms with Crippen molar-refractivity contribution in [2.75, 3.05) is 0 Å². The lowest BCUT2D eigenvalue weighted by Gasteiger charge is -2.38. The van der Waals surface area contributed by atoms with E-state index in [-0.39, 0.29) is 27.3 Å². The average molecular weight is 489 g/mol. The first kappa shape index (κ1) is 26.5. The fourth-order valence-electron chi connectivity index (χ4n) is 4.13. The summed E-state index contributed by atoms with van der Waals surface area (Å²) < 4.78 is 6.36. The van der Waals surface area contributed by atoms with Crippen LogP contribution in [0.4, 0.5) is 0 Å². The van der Waals surface area contributed by atoms with Gasteiger partial charge in [0.2, 0.25) is 0 Å². The molecule has 1 aliphatic carbocycles. The molecule has 1 aromatic carbocycles. The average Bonchev–Trinajstić information content (AvgIpc) is 2.58. The van der Waals surface area contributed by atoms with Gasteiger partial charge in [0.25, 0.3) is 0 Å². The molecule has 0 aromatic heterocycles. The smallest absolute Gasteiger partial charge is 0.173 e. The topological polar surface area (TPSA) is 18.5 Å². The Morgan fingerprint density at radius 2 is 1.42 bits per heavy atom. The zero-order chi connectivity index (χ0) is 25.1. The second kappa shape index (κ2) is 8.54. The van der Waals surface area contributed by atoms with E-state index in [0.717, 1.165) is 21.9 Å². The highest BCUT2D eigenvalue weighted by atomic mass is 35.5. The van der Waals surface area contributed by atoms with Gasteiger partial charge in [0.05, 0.1) is 0 Å². The maximum atomic E-state index is 7.04. The molecule has 33 heavy (non-hydrogen) atoms. The summed E-state index contributed by atoms with van der Waals surface area (Å²) in [6, 6.07) is 4.47. The molecule has 0 amide bonds. The molecule has 2 atom stereocenters. The Labute approximate surface area is 208 Å². The number of fused-ring (bicyclic) bond motifs is 2. The molecule has 182 valence electrons. The van der Waals surface area contributed by atoms with E-state index in [9.17, 15) is 0 Å². The van der Waals surface area contributed by atoms with Crippen LogP contribution in [0.15, 0.2) is 40.2 Å². The van der Waals surface area contributed by atoms with Gasteiger partial charge >= 0.3 is 0 Å². The highest BCUT2D eigenvalue weighted by molar-refractivity contribution is 7.59. The molecule has 1 aromatic rings. The largest absolute Gasteiger partial charge is 0.333 e. The maximum Gasteiger partial charge on any atom is 0.173 e. The number of hydrogen-bond donors (Lipinski definition) is 0. The molecule has 3 rings (SSSR count).